The zero-order valence-electron chi connectivity index (χ0n) is 18.3. The predicted octanol–water partition coefficient (Wildman–Crippen LogP) is 3.89. The molecule has 3 aromatic carbocycles. The maximum absolute atomic E-state index is 12.8. The van der Waals surface area contributed by atoms with E-state index in [0.29, 0.717) is 37.7 Å². The van der Waals surface area contributed by atoms with Gasteiger partial charge >= 0.3 is 5.97 Å². The second kappa shape index (κ2) is 10.6. The van der Waals surface area contributed by atoms with Crippen molar-refractivity contribution in [1.29, 1.82) is 0 Å². The molecule has 9 heteroatoms. The Hall–Kier alpha value is -4.24. The van der Waals surface area contributed by atoms with Crippen LogP contribution in [0.1, 0.15) is 10.4 Å². The van der Waals surface area contributed by atoms with Gasteiger partial charge in [0, 0.05) is 36.5 Å². The van der Waals surface area contributed by atoms with Crippen molar-refractivity contribution in [2.75, 3.05) is 43.1 Å². The van der Waals surface area contributed by atoms with Crippen molar-refractivity contribution in [1.82, 2.24) is 0 Å². The van der Waals surface area contributed by atoms with Crippen molar-refractivity contribution in [2.45, 2.75) is 0 Å². The summed E-state index contributed by atoms with van der Waals surface area (Å²) in [7, 11) is 0. The third-order valence-corrected chi connectivity index (χ3v) is 5.38. The van der Waals surface area contributed by atoms with Crippen LogP contribution in [0, 0.1) is 10.1 Å². The summed E-state index contributed by atoms with van der Waals surface area (Å²) in [5.41, 5.74) is 2.66. The van der Waals surface area contributed by atoms with E-state index >= 15 is 0 Å². The third kappa shape index (κ3) is 5.38. The molecule has 1 fully saturated rings. The lowest BCUT2D eigenvalue weighted by atomic mass is 10.0. The van der Waals surface area contributed by atoms with Crippen LogP contribution < -0.4 is 10.2 Å². The number of hydrogen-bond donors (Lipinski definition) is 1. The number of amides is 1. The Morgan fingerprint density at radius 1 is 1.00 bits per heavy atom. The Morgan fingerprint density at radius 2 is 1.71 bits per heavy atom. The van der Waals surface area contributed by atoms with E-state index in [2.05, 4.69) is 5.32 Å². The van der Waals surface area contributed by atoms with E-state index in [4.69, 9.17) is 9.47 Å². The molecule has 1 amide bonds. The molecule has 1 aliphatic rings. The second-order valence-electron chi connectivity index (χ2n) is 7.59. The lowest BCUT2D eigenvalue weighted by Crippen LogP contribution is -2.37. The van der Waals surface area contributed by atoms with E-state index in [1.165, 1.54) is 18.2 Å². The molecule has 0 unspecified atom stereocenters. The van der Waals surface area contributed by atoms with Gasteiger partial charge in [-0.15, -0.1) is 0 Å². The molecule has 0 atom stereocenters. The number of nitrogens with zero attached hydrogens (tertiary/aromatic N) is 2. The number of rotatable bonds is 7. The van der Waals surface area contributed by atoms with Crippen LogP contribution in [0.5, 0.6) is 0 Å². The zero-order valence-corrected chi connectivity index (χ0v) is 18.3. The second-order valence-corrected chi connectivity index (χ2v) is 7.59. The molecule has 0 aromatic heterocycles. The quantitative estimate of drug-likeness (QED) is 0.323. The van der Waals surface area contributed by atoms with Crippen molar-refractivity contribution in [3.05, 3.63) is 88.5 Å². The molecule has 0 aliphatic carbocycles. The van der Waals surface area contributed by atoms with E-state index in [1.807, 2.05) is 47.4 Å². The molecule has 1 saturated heterocycles. The summed E-state index contributed by atoms with van der Waals surface area (Å²) < 4.78 is 10.6. The number of ether oxygens (including phenoxy) is 2. The first kappa shape index (κ1) is 22.9. The normalized spacial score (nSPS) is 13.2. The molecular formula is C25H23N3O6. The van der Waals surface area contributed by atoms with Gasteiger partial charge < -0.3 is 19.7 Å². The fourth-order valence-corrected chi connectivity index (χ4v) is 3.74. The number of carbonyl (C=O) groups is 2. The topological polar surface area (TPSA) is 111 Å². The number of carbonyl (C=O) groups excluding carboxylic acids is 2. The highest BCUT2D eigenvalue weighted by Gasteiger charge is 2.23. The summed E-state index contributed by atoms with van der Waals surface area (Å²) in [5.74, 6) is -1.33. The van der Waals surface area contributed by atoms with Gasteiger partial charge in [0.1, 0.15) is 0 Å². The van der Waals surface area contributed by atoms with Gasteiger partial charge in [-0.1, -0.05) is 48.5 Å². The Kier molecular flexibility index (Phi) is 7.14. The minimum absolute atomic E-state index is 0.0357. The van der Waals surface area contributed by atoms with Crippen LogP contribution in [-0.2, 0) is 14.3 Å². The summed E-state index contributed by atoms with van der Waals surface area (Å²) in [6, 6.07) is 20.9. The molecule has 0 radical (unpaired) electrons. The van der Waals surface area contributed by atoms with E-state index in [-0.39, 0.29) is 11.3 Å². The van der Waals surface area contributed by atoms with Crippen LogP contribution in [-0.4, -0.2) is 49.7 Å². The minimum atomic E-state index is -0.809. The number of non-ortho nitro benzene ring substituents is 1. The van der Waals surface area contributed by atoms with Crippen molar-refractivity contribution in [3.8, 4) is 11.1 Å². The van der Waals surface area contributed by atoms with E-state index in [9.17, 15) is 19.7 Å². The maximum Gasteiger partial charge on any atom is 0.341 e. The van der Waals surface area contributed by atoms with Crippen LogP contribution in [0.15, 0.2) is 72.8 Å². The number of esters is 1. The molecule has 0 saturated carbocycles. The number of nitro groups is 1. The van der Waals surface area contributed by atoms with Gasteiger partial charge in [-0.3, -0.25) is 14.9 Å². The van der Waals surface area contributed by atoms with E-state index < -0.39 is 23.4 Å². The maximum atomic E-state index is 12.8. The Labute approximate surface area is 196 Å². The van der Waals surface area contributed by atoms with Crippen molar-refractivity contribution in [3.63, 3.8) is 0 Å². The molecule has 3 aromatic rings. The SMILES string of the molecule is O=C(COC(=O)c1cc([N+](=O)[O-])ccc1N1CCOCC1)Nc1ccccc1-c1ccccc1. The van der Waals surface area contributed by atoms with Crippen LogP contribution in [0.3, 0.4) is 0 Å². The van der Waals surface area contributed by atoms with Crippen molar-refractivity contribution < 1.29 is 24.0 Å². The summed E-state index contributed by atoms with van der Waals surface area (Å²) in [6.45, 7) is 1.50. The number of anilines is 2. The Bertz CT molecular complexity index is 1190. The molecule has 34 heavy (non-hydrogen) atoms. The smallest absolute Gasteiger partial charge is 0.341 e. The first-order valence-electron chi connectivity index (χ1n) is 10.8. The minimum Gasteiger partial charge on any atom is -0.452 e. The summed E-state index contributed by atoms with van der Waals surface area (Å²) >= 11 is 0. The van der Waals surface area contributed by atoms with Crippen LogP contribution in [0.25, 0.3) is 11.1 Å². The predicted molar refractivity (Wildman–Crippen MR) is 127 cm³/mol. The van der Waals surface area contributed by atoms with Gasteiger partial charge in [0.15, 0.2) is 6.61 Å². The summed E-state index contributed by atoms with van der Waals surface area (Å²) in [5, 5.41) is 14.0. The van der Waals surface area contributed by atoms with Crippen LogP contribution in [0.2, 0.25) is 0 Å². The molecule has 9 nitrogen and oxygen atoms in total. The Morgan fingerprint density at radius 3 is 2.44 bits per heavy atom. The van der Waals surface area contributed by atoms with Crippen molar-refractivity contribution in [2.24, 2.45) is 0 Å². The summed E-state index contributed by atoms with van der Waals surface area (Å²) in [4.78, 5) is 38.0. The number of morpholine rings is 1. The first-order chi connectivity index (χ1) is 16.5. The van der Waals surface area contributed by atoms with Gasteiger partial charge in [-0.05, 0) is 17.7 Å². The first-order valence-corrected chi connectivity index (χ1v) is 10.8. The highest BCUT2D eigenvalue weighted by atomic mass is 16.6. The lowest BCUT2D eigenvalue weighted by Gasteiger charge is -2.30. The number of nitro benzene ring substituents is 1. The van der Waals surface area contributed by atoms with Crippen LogP contribution >= 0.6 is 0 Å². The molecule has 1 aliphatic heterocycles. The fourth-order valence-electron chi connectivity index (χ4n) is 3.74. The molecule has 1 N–H and O–H groups in total. The van der Waals surface area contributed by atoms with Crippen molar-refractivity contribution >= 4 is 28.9 Å². The fraction of sp³-hybridized carbons (Fsp3) is 0.200. The summed E-state index contributed by atoms with van der Waals surface area (Å²) in [6.07, 6.45) is 0. The zero-order chi connectivity index (χ0) is 23.9. The highest BCUT2D eigenvalue weighted by molar-refractivity contribution is 6.00. The molecule has 174 valence electrons. The average Bonchev–Trinajstić information content (AvgIpc) is 2.88. The number of nitrogens with one attached hydrogen (secondary N) is 1. The van der Waals surface area contributed by atoms with E-state index in [0.717, 1.165) is 11.1 Å². The van der Waals surface area contributed by atoms with Gasteiger partial charge in [-0.25, -0.2) is 4.79 Å². The van der Waals surface area contributed by atoms with Crippen LogP contribution in [0.4, 0.5) is 17.1 Å². The van der Waals surface area contributed by atoms with Gasteiger partial charge in [0.25, 0.3) is 11.6 Å². The van der Waals surface area contributed by atoms with E-state index in [1.54, 1.807) is 12.1 Å². The molecule has 1 heterocycles. The number of hydrogen-bond acceptors (Lipinski definition) is 7. The monoisotopic (exact) mass is 461 g/mol. The standard InChI is InChI=1S/C25H23N3O6/c29-24(26-22-9-5-4-8-20(22)18-6-2-1-3-7-18)17-34-25(30)21-16-19(28(31)32)10-11-23(21)27-12-14-33-15-13-27/h1-11,16H,12-15,17H2,(H,26,29). The molecule has 0 bridgehead atoms. The van der Waals surface area contributed by atoms with Gasteiger partial charge in [0.05, 0.1) is 29.4 Å². The highest BCUT2D eigenvalue weighted by Crippen LogP contribution is 2.28. The Balaban J connectivity index is 1.47. The number of para-hydroxylation sites is 1. The largest absolute Gasteiger partial charge is 0.452 e. The number of benzene rings is 3. The lowest BCUT2D eigenvalue weighted by molar-refractivity contribution is -0.384. The molecule has 4 rings (SSSR count). The molecule has 0 spiro atoms. The molecular weight excluding hydrogens is 438 g/mol. The van der Waals surface area contributed by atoms with Gasteiger partial charge in [-0.2, -0.15) is 0 Å². The average molecular weight is 461 g/mol. The van der Waals surface area contributed by atoms with Gasteiger partial charge in [0.2, 0.25) is 0 Å². The third-order valence-electron chi connectivity index (χ3n) is 5.38.